The van der Waals surface area contributed by atoms with Gasteiger partial charge in [-0.2, -0.15) is 0 Å². The SMILES string of the molecule is CC(C)c1ccc(Nc2cncc(C(N)=O)n2)cc1. The molecule has 5 nitrogen and oxygen atoms in total. The van der Waals surface area contributed by atoms with Crippen molar-refractivity contribution in [3.05, 3.63) is 47.9 Å². The fraction of sp³-hybridized carbons (Fsp3) is 0.214. The quantitative estimate of drug-likeness (QED) is 0.880. The maximum Gasteiger partial charge on any atom is 0.268 e. The predicted molar refractivity (Wildman–Crippen MR) is 74.4 cm³/mol. The summed E-state index contributed by atoms with van der Waals surface area (Å²) < 4.78 is 0. The van der Waals surface area contributed by atoms with Gasteiger partial charge in [0.2, 0.25) is 0 Å². The number of carbonyl (C=O) groups is 1. The smallest absolute Gasteiger partial charge is 0.268 e. The minimum Gasteiger partial charge on any atom is -0.364 e. The molecule has 2 aromatic rings. The Kier molecular flexibility index (Phi) is 3.75. The fourth-order valence-electron chi connectivity index (χ4n) is 1.64. The molecule has 1 amide bonds. The third-order valence-electron chi connectivity index (χ3n) is 2.74. The normalized spacial score (nSPS) is 10.5. The summed E-state index contributed by atoms with van der Waals surface area (Å²) in [6.07, 6.45) is 2.89. The lowest BCUT2D eigenvalue weighted by Crippen LogP contribution is -2.14. The Morgan fingerprint density at radius 3 is 2.47 bits per heavy atom. The molecule has 19 heavy (non-hydrogen) atoms. The highest BCUT2D eigenvalue weighted by molar-refractivity contribution is 5.90. The first-order chi connectivity index (χ1) is 9.06. The van der Waals surface area contributed by atoms with Crippen molar-refractivity contribution in [2.24, 2.45) is 5.73 Å². The van der Waals surface area contributed by atoms with Crippen LogP contribution in [0.15, 0.2) is 36.7 Å². The first-order valence-corrected chi connectivity index (χ1v) is 6.05. The molecule has 1 aromatic carbocycles. The highest BCUT2D eigenvalue weighted by atomic mass is 16.1. The van der Waals surface area contributed by atoms with Gasteiger partial charge in [0, 0.05) is 5.69 Å². The summed E-state index contributed by atoms with van der Waals surface area (Å²) in [5, 5.41) is 3.08. The van der Waals surface area contributed by atoms with Crippen molar-refractivity contribution in [1.29, 1.82) is 0 Å². The van der Waals surface area contributed by atoms with E-state index < -0.39 is 5.91 Å². The van der Waals surface area contributed by atoms with Gasteiger partial charge in [-0.25, -0.2) is 4.98 Å². The number of nitrogens with zero attached hydrogens (tertiary/aromatic N) is 2. The molecule has 1 aromatic heterocycles. The first kappa shape index (κ1) is 13.0. The second-order valence-corrected chi connectivity index (χ2v) is 4.56. The van der Waals surface area contributed by atoms with Crippen molar-refractivity contribution in [2.75, 3.05) is 5.32 Å². The van der Waals surface area contributed by atoms with Gasteiger partial charge in [-0.1, -0.05) is 26.0 Å². The largest absolute Gasteiger partial charge is 0.364 e. The van der Waals surface area contributed by atoms with Gasteiger partial charge < -0.3 is 11.1 Å². The Hall–Kier alpha value is -2.43. The molecular formula is C14H16N4O. The third-order valence-corrected chi connectivity index (χ3v) is 2.74. The number of carbonyl (C=O) groups excluding carboxylic acids is 1. The third kappa shape index (κ3) is 3.28. The van der Waals surface area contributed by atoms with E-state index in [1.54, 1.807) is 6.20 Å². The van der Waals surface area contributed by atoms with E-state index in [4.69, 9.17) is 5.73 Å². The molecule has 3 N–H and O–H groups in total. The number of nitrogens with two attached hydrogens (primary N) is 1. The topological polar surface area (TPSA) is 80.9 Å². The summed E-state index contributed by atoms with van der Waals surface area (Å²) in [4.78, 5) is 19.0. The Balaban J connectivity index is 2.16. The second kappa shape index (κ2) is 5.48. The van der Waals surface area contributed by atoms with E-state index in [-0.39, 0.29) is 5.69 Å². The lowest BCUT2D eigenvalue weighted by Gasteiger charge is -2.08. The Morgan fingerprint density at radius 2 is 1.89 bits per heavy atom. The monoisotopic (exact) mass is 256 g/mol. The predicted octanol–water partition coefficient (Wildman–Crippen LogP) is 2.44. The van der Waals surface area contributed by atoms with Gasteiger partial charge in [-0.3, -0.25) is 9.78 Å². The van der Waals surface area contributed by atoms with E-state index in [2.05, 4.69) is 41.3 Å². The number of benzene rings is 1. The molecule has 0 aliphatic rings. The highest BCUT2D eigenvalue weighted by Gasteiger charge is 2.04. The average molecular weight is 256 g/mol. The van der Waals surface area contributed by atoms with Gasteiger partial charge in [0.15, 0.2) is 0 Å². The number of nitrogens with one attached hydrogen (secondary N) is 1. The minimum absolute atomic E-state index is 0.142. The molecule has 2 rings (SSSR count). The number of amides is 1. The molecule has 0 spiro atoms. The van der Waals surface area contributed by atoms with Crippen LogP contribution in [0.5, 0.6) is 0 Å². The second-order valence-electron chi connectivity index (χ2n) is 4.56. The van der Waals surface area contributed by atoms with Gasteiger partial charge in [0.05, 0.1) is 12.4 Å². The molecule has 1 heterocycles. The van der Waals surface area contributed by atoms with Gasteiger partial charge in [0.1, 0.15) is 11.5 Å². The van der Waals surface area contributed by atoms with E-state index >= 15 is 0 Å². The molecule has 5 heteroatoms. The van der Waals surface area contributed by atoms with Crippen LogP contribution in [0.4, 0.5) is 11.5 Å². The molecule has 98 valence electrons. The standard InChI is InChI=1S/C14H16N4O/c1-9(2)10-3-5-11(6-4-10)17-13-8-16-7-12(18-13)14(15)19/h3-9H,1-2H3,(H2,15,19)(H,17,18). The van der Waals surface area contributed by atoms with Crippen LogP contribution in [0.3, 0.4) is 0 Å². The molecule has 0 aliphatic heterocycles. The lowest BCUT2D eigenvalue weighted by atomic mass is 10.0. The van der Waals surface area contributed by atoms with E-state index in [9.17, 15) is 4.79 Å². The minimum atomic E-state index is -0.591. The molecule has 0 unspecified atom stereocenters. The molecule has 0 radical (unpaired) electrons. The fourth-order valence-corrected chi connectivity index (χ4v) is 1.64. The summed E-state index contributed by atoms with van der Waals surface area (Å²) >= 11 is 0. The number of anilines is 2. The van der Waals surface area contributed by atoms with E-state index in [0.29, 0.717) is 11.7 Å². The maximum absolute atomic E-state index is 11.0. The number of hydrogen-bond acceptors (Lipinski definition) is 4. The lowest BCUT2D eigenvalue weighted by molar-refractivity contribution is 0.0995. The van der Waals surface area contributed by atoms with Gasteiger partial charge in [-0.05, 0) is 23.6 Å². The van der Waals surface area contributed by atoms with Gasteiger partial charge in [0.25, 0.3) is 5.91 Å². The summed E-state index contributed by atoms with van der Waals surface area (Å²) in [7, 11) is 0. The van der Waals surface area contributed by atoms with Gasteiger partial charge in [-0.15, -0.1) is 0 Å². The van der Waals surface area contributed by atoms with Crippen LogP contribution in [-0.2, 0) is 0 Å². The number of rotatable bonds is 4. The van der Waals surface area contributed by atoms with Crippen LogP contribution in [-0.4, -0.2) is 15.9 Å². The van der Waals surface area contributed by atoms with E-state index in [1.807, 2.05) is 12.1 Å². The number of aromatic nitrogens is 2. The van der Waals surface area contributed by atoms with Crippen molar-refractivity contribution in [2.45, 2.75) is 19.8 Å². The highest BCUT2D eigenvalue weighted by Crippen LogP contribution is 2.19. The maximum atomic E-state index is 11.0. The Morgan fingerprint density at radius 1 is 1.21 bits per heavy atom. The zero-order chi connectivity index (χ0) is 13.8. The molecule has 0 fully saturated rings. The van der Waals surface area contributed by atoms with Crippen LogP contribution in [0, 0.1) is 0 Å². The summed E-state index contributed by atoms with van der Waals surface area (Å²) in [5.41, 5.74) is 7.46. The zero-order valence-corrected chi connectivity index (χ0v) is 10.9. The number of primary amides is 1. The molecule has 0 bridgehead atoms. The van der Waals surface area contributed by atoms with Crippen LogP contribution in [0.2, 0.25) is 0 Å². The Labute approximate surface area is 111 Å². The molecule has 0 aliphatic carbocycles. The number of hydrogen-bond donors (Lipinski definition) is 2. The summed E-state index contributed by atoms with van der Waals surface area (Å²) in [6.45, 7) is 4.29. The van der Waals surface area contributed by atoms with Crippen LogP contribution in [0.1, 0.15) is 35.8 Å². The Bertz CT molecular complexity index is 578. The van der Waals surface area contributed by atoms with Crippen LogP contribution >= 0.6 is 0 Å². The summed E-state index contributed by atoms with van der Waals surface area (Å²) in [5.74, 6) is 0.395. The first-order valence-electron chi connectivity index (χ1n) is 6.05. The van der Waals surface area contributed by atoms with E-state index in [0.717, 1.165) is 5.69 Å². The average Bonchev–Trinajstić information content (AvgIpc) is 2.39. The van der Waals surface area contributed by atoms with Crippen molar-refractivity contribution in [1.82, 2.24) is 9.97 Å². The van der Waals surface area contributed by atoms with Crippen molar-refractivity contribution < 1.29 is 4.79 Å². The molecular weight excluding hydrogens is 240 g/mol. The van der Waals surface area contributed by atoms with Crippen molar-refractivity contribution >= 4 is 17.4 Å². The molecule has 0 saturated heterocycles. The van der Waals surface area contributed by atoms with Crippen LogP contribution in [0.25, 0.3) is 0 Å². The summed E-state index contributed by atoms with van der Waals surface area (Å²) in [6, 6.07) is 8.04. The van der Waals surface area contributed by atoms with E-state index in [1.165, 1.54) is 11.8 Å². The molecule has 0 saturated carbocycles. The van der Waals surface area contributed by atoms with Crippen molar-refractivity contribution in [3.63, 3.8) is 0 Å². The molecule has 0 atom stereocenters. The zero-order valence-electron chi connectivity index (χ0n) is 10.9. The van der Waals surface area contributed by atoms with Crippen molar-refractivity contribution in [3.8, 4) is 0 Å². The van der Waals surface area contributed by atoms with Crippen LogP contribution < -0.4 is 11.1 Å². The van der Waals surface area contributed by atoms with Gasteiger partial charge >= 0.3 is 0 Å².